The SMILES string of the molecule is Cc1ccc(F)cc1NCc1cc(C(=O)O)no1. The molecule has 0 aliphatic heterocycles. The number of hydrogen-bond acceptors (Lipinski definition) is 4. The highest BCUT2D eigenvalue weighted by Crippen LogP contribution is 2.17. The zero-order valence-corrected chi connectivity index (χ0v) is 9.61. The molecule has 0 spiro atoms. The highest BCUT2D eigenvalue weighted by atomic mass is 19.1. The Balaban J connectivity index is 2.06. The molecule has 18 heavy (non-hydrogen) atoms. The molecule has 6 heteroatoms. The molecular formula is C12H11FN2O3. The van der Waals surface area contributed by atoms with Crippen LogP contribution in [-0.4, -0.2) is 16.2 Å². The minimum Gasteiger partial charge on any atom is -0.476 e. The number of carboxylic acids is 1. The summed E-state index contributed by atoms with van der Waals surface area (Å²) in [5, 5.41) is 15.0. The van der Waals surface area contributed by atoms with Crippen LogP contribution < -0.4 is 5.32 Å². The summed E-state index contributed by atoms with van der Waals surface area (Å²) in [6.45, 7) is 2.08. The molecule has 0 aliphatic carbocycles. The normalized spacial score (nSPS) is 10.3. The summed E-state index contributed by atoms with van der Waals surface area (Å²) in [6, 6.07) is 5.71. The summed E-state index contributed by atoms with van der Waals surface area (Å²) in [5.74, 6) is -1.12. The third-order valence-electron chi connectivity index (χ3n) is 2.43. The Bertz CT molecular complexity index is 580. The van der Waals surface area contributed by atoms with Gasteiger partial charge in [-0.25, -0.2) is 9.18 Å². The third kappa shape index (κ3) is 2.65. The van der Waals surface area contributed by atoms with E-state index in [4.69, 9.17) is 9.63 Å². The van der Waals surface area contributed by atoms with Gasteiger partial charge in [0.25, 0.3) is 0 Å². The maximum Gasteiger partial charge on any atom is 0.358 e. The average Bonchev–Trinajstić information content (AvgIpc) is 2.79. The number of halogens is 1. The molecule has 0 radical (unpaired) electrons. The lowest BCUT2D eigenvalue weighted by molar-refractivity contribution is 0.0685. The summed E-state index contributed by atoms with van der Waals surface area (Å²) in [7, 11) is 0. The van der Waals surface area contributed by atoms with Crippen molar-refractivity contribution < 1.29 is 18.8 Å². The van der Waals surface area contributed by atoms with Gasteiger partial charge in [-0.1, -0.05) is 11.2 Å². The molecule has 2 N–H and O–H groups in total. The summed E-state index contributed by atoms with van der Waals surface area (Å²) < 4.78 is 17.9. The first kappa shape index (κ1) is 12.1. The molecule has 0 atom stereocenters. The van der Waals surface area contributed by atoms with Crippen LogP contribution in [0.3, 0.4) is 0 Å². The van der Waals surface area contributed by atoms with Gasteiger partial charge in [0.1, 0.15) is 5.82 Å². The van der Waals surface area contributed by atoms with E-state index in [1.54, 1.807) is 6.07 Å². The first-order valence-corrected chi connectivity index (χ1v) is 5.25. The molecule has 0 unspecified atom stereocenters. The zero-order valence-electron chi connectivity index (χ0n) is 9.61. The van der Waals surface area contributed by atoms with Crippen LogP contribution in [0.1, 0.15) is 21.8 Å². The van der Waals surface area contributed by atoms with Crippen molar-refractivity contribution in [2.45, 2.75) is 13.5 Å². The molecule has 0 aliphatic rings. The molecular weight excluding hydrogens is 239 g/mol. The highest BCUT2D eigenvalue weighted by Gasteiger charge is 2.10. The average molecular weight is 250 g/mol. The monoisotopic (exact) mass is 250 g/mol. The number of aromatic nitrogens is 1. The van der Waals surface area contributed by atoms with E-state index >= 15 is 0 Å². The molecule has 1 aromatic heterocycles. The van der Waals surface area contributed by atoms with Gasteiger partial charge in [-0.3, -0.25) is 0 Å². The van der Waals surface area contributed by atoms with Crippen molar-refractivity contribution >= 4 is 11.7 Å². The van der Waals surface area contributed by atoms with E-state index < -0.39 is 5.97 Å². The van der Waals surface area contributed by atoms with Crippen molar-refractivity contribution in [3.05, 3.63) is 47.1 Å². The summed E-state index contributed by atoms with van der Waals surface area (Å²) in [6.07, 6.45) is 0. The van der Waals surface area contributed by atoms with Gasteiger partial charge in [0.2, 0.25) is 0 Å². The second kappa shape index (κ2) is 4.87. The number of hydrogen-bond donors (Lipinski definition) is 2. The Labute approximate surface area is 102 Å². The summed E-state index contributed by atoms with van der Waals surface area (Å²) in [4.78, 5) is 10.6. The van der Waals surface area contributed by atoms with E-state index in [0.717, 1.165) is 5.56 Å². The Morgan fingerprint density at radius 3 is 2.94 bits per heavy atom. The van der Waals surface area contributed by atoms with Crippen molar-refractivity contribution in [2.75, 3.05) is 5.32 Å². The highest BCUT2D eigenvalue weighted by molar-refractivity contribution is 5.85. The van der Waals surface area contributed by atoms with Gasteiger partial charge >= 0.3 is 5.97 Å². The number of rotatable bonds is 4. The van der Waals surface area contributed by atoms with E-state index in [0.29, 0.717) is 11.4 Å². The summed E-state index contributed by atoms with van der Waals surface area (Å²) >= 11 is 0. The van der Waals surface area contributed by atoms with E-state index in [-0.39, 0.29) is 18.1 Å². The fourth-order valence-electron chi connectivity index (χ4n) is 1.46. The van der Waals surface area contributed by atoms with Crippen LogP contribution in [0.25, 0.3) is 0 Å². The molecule has 1 heterocycles. The van der Waals surface area contributed by atoms with Gasteiger partial charge in [0, 0.05) is 11.8 Å². The molecule has 2 aromatic rings. The standard InChI is InChI=1S/C12H11FN2O3/c1-7-2-3-8(13)4-10(7)14-6-9-5-11(12(16)17)15-18-9/h2-5,14H,6H2,1H3,(H,16,17). The van der Waals surface area contributed by atoms with Gasteiger partial charge in [-0.2, -0.15) is 0 Å². The van der Waals surface area contributed by atoms with Crippen LogP contribution >= 0.6 is 0 Å². The lowest BCUT2D eigenvalue weighted by Gasteiger charge is -2.07. The number of carbonyl (C=O) groups is 1. The van der Waals surface area contributed by atoms with Crippen LogP contribution in [-0.2, 0) is 6.54 Å². The quantitative estimate of drug-likeness (QED) is 0.871. The number of nitrogens with zero attached hydrogens (tertiary/aromatic N) is 1. The molecule has 94 valence electrons. The molecule has 0 bridgehead atoms. The Morgan fingerprint density at radius 1 is 1.50 bits per heavy atom. The molecule has 5 nitrogen and oxygen atoms in total. The largest absolute Gasteiger partial charge is 0.476 e. The zero-order chi connectivity index (χ0) is 13.1. The minimum atomic E-state index is -1.15. The molecule has 0 fully saturated rings. The predicted molar refractivity (Wildman–Crippen MR) is 61.9 cm³/mol. The first-order chi connectivity index (χ1) is 8.56. The second-order valence-corrected chi connectivity index (χ2v) is 3.80. The number of benzene rings is 1. The summed E-state index contributed by atoms with van der Waals surface area (Å²) in [5.41, 5.74) is 1.36. The Morgan fingerprint density at radius 2 is 2.28 bits per heavy atom. The first-order valence-electron chi connectivity index (χ1n) is 5.25. The number of aromatic carboxylic acids is 1. The van der Waals surface area contributed by atoms with Crippen molar-refractivity contribution in [2.24, 2.45) is 0 Å². The number of anilines is 1. The van der Waals surface area contributed by atoms with Crippen molar-refractivity contribution in [3.8, 4) is 0 Å². The maximum atomic E-state index is 13.0. The maximum absolute atomic E-state index is 13.0. The number of aryl methyl sites for hydroxylation is 1. The van der Waals surface area contributed by atoms with Crippen molar-refractivity contribution in [1.82, 2.24) is 5.16 Å². The van der Waals surface area contributed by atoms with E-state index in [9.17, 15) is 9.18 Å². The lowest BCUT2D eigenvalue weighted by atomic mass is 10.2. The molecule has 2 rings (SSSR count). The fourth-order valence-corrected chi connectivity index (χ4v) is 1.46. The van der Waals surface area contributed by atoms with Gasteiger partial charge in [-0.05, 0) is 24.6 Å². The van der Waals surface area contributed by atoms with Crippen LogP contribution in [0.4, 0.5) is 10.1 Å². The van der Waals surface area contributed by atoms with Crippen LogP contribution in [0.2, 0.25) is 0 Å². The fraction of sp³-hybridized carbons (Fsp3) is 0.167. The number of carboxylic acid groups (broad SMARTS) is 1. The molecule has 1 aromatic carbocycles. The van der Waals surface area contributed by atoms with E-state index in [1.165, 1.54) is 18.2 Å². The Hall–Kier alpha value is -2.37. The van der Waals surface area contributed by atoms with E-state index in [1.807, 2.05) is 6.92 Å². The second-order valence-electron chi connectivity index (χ2n) is 3.80. The topological polar surface area (TPSA) is 75.4 Å². The Kier molecular flexibility index (Phi) is 3.27. The van der Waals surface area contributed by atoms with E-state index in [2.05, 4.69) is 10.5 Å². The van der Waals surface area contributed by atoms with Crippen molar-refractivity contribution in [3.63, 3.8) is 0 Å². The molecule has 0 amide bonds. The lowest BCUT2D eigenvalue weighted by Crippen LogP contribution is -2.00. The van der Waals surface area contributed by atoms with Crippen LogP contribution in [0.15, 0.2) is 28.8 Å². The molecule has 0 saturated heterocycles. The minimum absolute atomic E-state index is 0.150. The smallest absolute Gasteiger partial charge is 0.358 e. The molecule has 0 saturated carbocycles. The van der Waals surface area contributed by atoms with Gasteiger partial charge in [0.15, 0.2) is 11.5 Å². The number of nitrogens with one attached hydrogen (secondary N) is 1. The van der Waals surface area contributed by atoms with Crippen LogP contribution in [0, 0.1) is 12.7 Å². The van der Waals surface area contributed by atoms with Crippen molar-refractivity contribution in [1.29, 1.82) is 0 Å². The van der Waals surface area contributed by atoms with Crippen LogP contribution in [0.5, 0.6) is 0 Å². The van der Waals surface area contributed by atoms with Gasteiger partial charge in [0.05, 0.1) is 6.54 Å². The predicted octanol–water partition coefficient (Wildman–Crippen LogP) is 2.43. The van der Waals surface area contributed by atoms with Gasteiger partial charge in [-0.15, -0.1) is 0 Å². The third-order valence-corrected chi connectivity index (χ3v) is 2.43. The van der Waals surface area contributed by atoms with Gasteiger partial charge < -0.3 is 14.9 Å².